The van der Waals surface area contributed by atoms with Crippen molar-refractivity contribution in [3.8, 4) is 0 Å². The Labute approximate surface area is 164 Å². The number of hydrogen-bond acceptors (Lipinski definition) is 4. The van der Waals surface area contributed by atoms with Crippen molar-refractivity contribution in [2.75, 3.05) is 7.05 Å². The van der Waals surface area contributed by atoms with Gasteiger partial charge in [-0.25, -0.2) is 0 Å². The number of rotatable bonds is 5. The largest absolute Gasteiger partial charge is 0.506 e. The lowest BCUT2D eigenvalue weighted by atomic mass is 10.1. The number of aliphatic imine (C=N–C) groups is 1. The Kier molecular flexibility index (Phi) is 7.29. The second-order valence-corrected chi connectivity index (χ2v) is 7.49. The van der Waals surface area contributed by atoms with Crippen LogP contribution in [0.15, 0.2) is 63.6 Å². The summed E-state index contributed by atoms with van der Waals surface area (Å²) in [4.78, 5) is 16.4. The van der Waals surface area contributed by atoms with Crippen molar-refractivity contribution < 1.29 is 9.90 Å². The Morgan fingerprint density at radius 2 is 1.92 bits per heavy atom. The van der Waals surface area contributed by atoms with Crippen molar-refractivity contribution in [2.24, 2.45) is 4.99 Å². The van der Waals surface area contributed by atoms with Gasteiger partial charge in [-0.3, -0.25) is 9.79 Å². The van der Waals surface area contributed by atoms with Gasteiger partial charge in [0.05, 0.1) is 10.6 Å². The van der Waals surface area contributed by atoms with Gasteiger partial charge in [0.25, 0.3) is 0 Å². The van der Waals surface area contributed by atoms with Crippen LogP contribution >= 0.6 is 39.3 Å². The summed E-state index contributed by atoms with van der Waals surface area (Å²) < 4.78 is 0.758. The number of aliphatic hydroxyl groups is 1. The van der Waals surface area contributed by atoms with E-state index >= 15 is 0 Å². The molecular formula is C19H17BrClNO2S. The van der Waals surface area contributed by atoms with Crippen LogP contribution in [0.5, 0.6) is 0 Å². The van der Waals surface area contributed by atoms with Gasteiger partial charge < -0.3 is 5.11 Å². The molecule has 0 aliphatic carbocycles. The third kappa shape index (κ3) is 5.21. The minimum Gasteiger partial charge on any atom is -0.506 e. The van der Waals surface area contributed by atoms with Gasteiger partial charge in [0.2, 0.25) is 0 Å². The van der Waals surface area contributed by atoms with E-state index in [0.717, 1.165) is 10.0 Å². The van der Waals surface area contributed by atoms with E-state index in [1.807, 2.05) is 30.3 Å². The topological polar surface area (TPSA) is 49.7 Å². The van der Waals surface area contributed by atoms with Gasteiger partial charge in [0.1, 0.15) is 10.8 Å². The number of carbonyl (C=O) groups is 1. The molecule has 0 fully saturated rings. The Balaban J connectivity index is 2.40. The van der Waals surface area contributed by atoms with Gasteiger partial charge in [-0.1, -0.05) is 57.9 Å². The molecule has 0 unspecified atom stereocenters. The third-order valence-corrected chi connectivity index (χ3v) is 5.37. The molecule has 1 N–H and O–H groups in total. The number of Topliss-reactive ketones (excluding diaryl/α,β-unsaturated/α-hetero) is 1. The molecule has 25 heavy (non-hydrogen) atoms. The molecule has 0 amide bonds. The lowest BCUT2D eigenvalue weighted by molar-refractivity contribution is -0.113. The van der Waals surface area contributed by atoms with Gasteiger partial charge in [0, 0.05) is 22.8 Å². The maximum Gasteiger partial charge on any atom is 0.166 e. The van der Waals surface area contributed by atoms with E-state index in [-0.39, 0.29) is 17.1 Å². The molecule has 0 saturated heterocycles. The summed E-state index contributed by atoms with van der Waals surface area (Å²) in [6.45, 7) is 1.41. The van der Waals surface area contributed by atoms with Crippen LogP contribution in [-0.2, 0) is 10.5 Å². The number of aliphatic hydroxyl groups excluding tert-OH is 1. The second kappa shape index (κ2) is 9.22. The van der Waals surface area contributed by atoms with Crippen LogP contribution in [0.4, 0.5) is 0 Å². The molecule has 130 valence electrons. The number of thioether (sulfide) groups is 1. The molecular weight excluding hydrogens is 422 g/mol. The summed E-state index contributed by atoms with van der Waals surface area (Å²) in [5.41, 5.74) is 1.67. The van der Waals surface area contributed by atoms with Gasteiger partial charge in [-0.15, -0.1) is 11.8 Å². The monoisotopic (exact) mass is 437 g/mol. The van der Waals surface area contributed by atoms with E-state index in [9.17, 15) is 9.90 Å². The second-order valence-electron chi connectivity index (χ2n) is 5.21. The first kappa shape index (κ1) is 19.8. The quantitative estimate of drug-likeness (QED) is 0.273. The van der Waals surface area contributed by atoms with E-state index in [1.54, 1.807) is 25.2 Å². The van der Waals surface area contributed by atoms with Crippen LogP contribution in [0, 0.1) is 0 Å². The van der Waals surface area contributed by atoms with Crippen LogP contribution in [-0.4, -0.2) is 23.0 Å². The minimum atomic E-state index is -0.269. The zero-order chi connectivity index (χ0) is 18.4. The number of benzene rings is 2. The molecule has 2 aromatic carbocycles. The minimum absolute atomic E-state index is 0.167. The van der Waals surface area contributed by atoms with Crippen LogP contribution in [0.3, 0.4) is 0 Å². The van der Waals surface area contributed by atoms with E-state index in [2.05, 4.69) is 20.9 Å². The highest BCUT2D eigenvalue weighted by atomic mass is 79.9. The van der Waals surface area contributed by atoms with Gasteiger partial charge in [-0.05, 0) is 30.7 Å². The zero-order valence-corrected chi connectivity index (χ0v) is 17.0. The summed E-state index contributed by atoms with van der Waals surface area (Å²) in [5, 5.41) is 11.6. The molecule has 0 heterocycles. The molecule has 0 spiro atoms. The van der Waals surface area contributed by atoms with E-state index in [0.29, 0.717) is 21.4 Å². The van der Waals surface area contributed by atoms with E-state index in [1.165, 1.54) is 18.7 Å². The number of carbonyl (C=O) groups excluding carboxylic acids is 1. The summed E-state index contributed by atoms with van der Waals surface area (Å²) >= 11 is 10.9. The fraction of sp³-hybridized carbons (Fsp3) is 0.158. The molecule has 3 nitrogen and oxygen atoms in total. The Hall–Kier alpha value is -1.56. The Bertz CT molecular complexity index is 835. The number of nitrogens with zero attached hydrogens (tertiary/aromatic N) is 1. The van der Waals surface area contributed by atoms with Crippen LogP contribution < -0.4 is 0 Å². The van der Waals surface area contributed by atoms with Crippen LogP contribution in [0.1, 0.15) is 18.1 Å². The first-order chi connectivity index (χ1) is 11.9. The average Bonchev–Trinajstić information content (AvgIpc) is 2.60. The van der Waals surface area contributed by atoms with Gasteiger partial charge >= 0.3 is 0 Å². The van der Waals surface area contributed by atoms with Crippen LogP contribution in [0.2, 0.25) is 5.02 Å². The lowest BCUT2D eigenvalue weighted by Crippen LogP contribution is -2.11. The van der Waals surface area contributed by atoms with Gasteiger partial charge in [0.15, 0.2) is 5.78 Å². The lowest BCUT2D eigenvalue weighted by Gasteiger charge is -2.12. The maximum absolute atomic E-state index is 12.2. The Morgan fingerprint density at radius 3 is 2.52 bits per heavy atom. The van der Waals surface area contributed by atoms with Crippen molar-refractivity contribution in [3.63, 3.8) is 0 Å². The smallest absolute Gasteiger partial charge is 0.166 e. The normalized spacial score (nSPS) is 12.7. The molecule has 0 bridgehead atoms. The third-order valence-electron chi connectivity index (χ3n) is 3.41. The predicted octanol–water partition coefficient (Wildman–Crippen LogP) is 5.92. The number of halogens is 2. The molecule has 2 aromatic rings. The molecule has 0 aromatic heterocycles. The van der Waals surface area contributed by atoms with Crippen molar-refractivity contribution in [1.29, 1.82) is 0 Å². The summed E-state index contributed by atoms with van der Waals surface area (Å²) in [5.74, 6) is 0.207. The van der Waals surface area contributed by atoms with E-state index in [4.69, 9.17) is 11.6 Å². The van der Waals surface area contributed by atoms with Crippen molar-refractivity contribution in [1.82, 2.24) is 0 Å². The first-order valence-electron chi connectivity index (χ1n) is 7.47. The highest BCUT2D eigenvalue weighted by Crippen LogP contribution is 2.31. The fourth-order valence-corrected chi connectivity index (χ4v) is 3.78. The van der Waals surface area contributed by atoms with Crippen molar-refractivity contribution in [3.05, 3.63) is 74.7 Å². The molecule has 0 radical (unpaired) electrons. The molecule has 0 atom stereocenters. The summed E-state index contributed by atoms with van der Waals surface area (Å²) in [6.07, 6.45) is 0. The SMILES string of the molecule is CN=C(SCc1ccccc1)/C(C(C)=O)=C(/O)c1cc(Br)ccc1Cl. The summed E-state index contributed by atoms with van der Waals surface area (Å²) in [7, 11) is 1.60. The van der Waals surface area contributed by atoms with E-state index < -0.39 is 0 Å². The molecule has 0 aliphatic heterocycles. The summed E-state index contributed by atoms with van der Waals surface area (Å²) in [6, 6.07) is 15.0. The number of hydrogen-bond donors (Lipinski definition) is 1. The fourth-order valence-electron chi connectivity index (χ4n) is 2.21. The highest BCUT2D eigenvalue weighted by Gasteiger charge is 2.21. The standard InChI is InChI=1S/C19H17BrClNO2S/c1-12(23)17(18(24)15-10-14(20)8-9-16(15)21)19(22-2)25-11-13-6-4-3-5-7-13/h3-10,24H,11H2,1-2H3/b18-17+,22-19?. The highest BCUT2D eigenvalue weighted by molar-refractivity contribution is 9.10. The predicted molar refractivity (Wildman–Crippen MR) is 110 cm³/mol. The molecule has 0 aliphatic rings. The van der Waals surface area contributed by atoms with Gasteiger partial charge in [-0.2, -0.15) is 0 Å². The zero-order valence-electron chi connectivity index (χ0n) is 13.8. The molecule has 0 saturated carbocycles. The average molecular weight is 439 g/mol. The van der Waals surface area contributed by atoms with Crippen molar-refractivity contribution in [2.45, 2.75) is 12.7 Å². The van der Waals surface area contributed by atoms with Crippen LogP contribution in [0.25, 0.3) is 5.76 Å². The molecule has 6 heteroatoms. The maximum atomic E-state index is 12.2. The Morgan fingerprint density at radius 1 is 1.24 bits per heavy atom. The number of ketones is 1. The molecule has 2 rings (SSSR count). The van der Waals surface area contributed by atoms with Crippen molar-refractivity contribution >= 4 is 55.9 Å². The first-order valence-corrected chi connectivity index (χ1v) is 9.63.